The third kappa shape index (κ3) is 4.57. The van der Waals surface area contributed by atoms with E-state index in [9.17, 15) is 0 Å². The van der Waals surface area contributed by atoms with E-state index >= 15 is 0 Å². The van der Waals surface area contributed by atoms with Crippen LogP contribution in [0.2, 0.25) is 0 Å². The van der Waals surface area contributed by atoms with Gasteiger partial charge in [-0.3, -0.25) is 0 Å². The normalized spacial score (nSPS) is 11.6. The average molecular weight is 637 g/mol. The molecule has 10 rings (SSSR count). The molecule has 1 aromatic heterocycles. The summed E-state index contributed by atoms with van der Waals surface area (Å²) >= 11 is 0. The molecule has 0 aliphatic rings. The van der Waals surface area contributed by atoms with E-state index in [1.54, 1.807) is 0 Å². The molecule has 50 heavy (non-hydrogen) atoms. The van der Waals surface area contributed by atoms with Gasteiger partial charge in [0.2, 0.25) is 0 Å². The number of hydrogen-bond donors (Lipinski definition) is 0. The van der Waals surface area contributed by atoms with Crippen molar-refractivity contribution in [1.29, 1.82) is 0 Å². The first-order valence-electron chi connectivity index (χ1n) is 17.2. The van der Waals surface area contributed by atoms with Crippen LogP contribution in [0.3, 0.4) is 0 Å². The molecule has 0 amide bonds. The van der Waals surface area contributed by atoms with Crippen LogP contribution < -0.4 is 4.90 Å². The highest BCUT2D eigenvalue weighted by molar-refractivity contribution is 6.18. The Balaban J connectivity index is 1.16. The predicted molar refractivity (Wildman–Crippen MR) is 213 cm³/mol. The van der Waals surface area contributed by atoms with Gasteiger partial charge in [-0.25, -0.2) is 0 Å². The fourth-order valence-electron chi connectivity index (χ4n) is 7.79. The molecule has 0 unspecified atom stereocenters. The molecule has 0 bridgehead atoms. The molecule has 10 aromatic rings. The molecular weight excluding hydrogens is 605 g/mol. The fourth-order valence-corrected chi connectivity index (χ4v) is 7.79. The zero-order valence-corrected chi connectivity index (χ0v) is 27.4. The van der Waals surface area contributed by atoms with Crippen molar-refractivity contribution < 1.29 is 0 Å². The molecule has 0 spiro atoms. The van der Waals surface area contributed by atoms with E-state index in [1.165, 1.54) is 65.3 Å². The molecular formula is C48H32N2. The molecule has 0 fully saturated rings. The molecule has 0 saturated carbocycles. The highest BCUT2D eigenvalue weighted by Crippen LogP contribution is 2.41. The summed E-state index contributed by atoms with van der Waals surface area (Å²) in [5.41, 5.74) is 9.31. The van der Waals surface area contributed by atoms with Crippen LogP contribution in [-0.4, -0.2) is 4.57 Å². The Bertz CT molecular complexity index is 2860. The van der Waals surface area contributed by atoms with E-state index in [0.29, 0.717) is 0 Å². The van der Waals surface area contributed by atoms with Crippen molar-refractivity contribution >= 4 is 71.2 Å². The second kappa shape index (κ2) is 11.5. The summed E-state index contributed by atoms with van der Waals surface area (Å²) in [5.74, 6) is 0. The second-order valence-electron chi connectivity index (χ2n) is 13.0. The smallest absolute Gasteiger partial charge is 0.0619 e. The Morgan fingerprint density at radius 1 is 0.320 bits per heavy atom. The van der Waals surface area contributed by atoms with Gasteiger partial charge < -0.3 is 9.47 Å². The summed E-state index contributed by atoms with van der Waals surface area (Å²) in [7, 11) is 0. The number of nitrogens with zero attached hydrogens (tertiary/aromatic N) is 2. The Hall–Kier alpha value is -6.64. The number of hydrogen-bond acceptors (Lipinski definition) is 1. The molecule has 1 heterocycles. The monoisotopic (exact) mass is 636 g/mol. The third-order valence-corrected chi connectivity index (χ3v) is 10.1. The molecule has 0 aliphatic carbocycles. The molecule has 0 saturated heterocycles. The summed E-state index contributed by atoms with van der Waals surface area (Å²) in [5, 5.41) is 10.1. The van der Waals surface area contributed by atoms with Gasteiger partial charge >= 0.3 is 0 Å². The lowest BCUT2D eigenvalue weighted by Crippen LogP contribution is -2.10. The van der Waals surface area contributed by atoms with E-state index in [2.05, 4.69) is 204 Å². The van der Waals surface area contributed by atoms with Gasteiger partial charge in [0, 0.05) is 38.9 Å². The number of para-hydroxylation sites is 1. The van der Waals surface area contributed by atoms with Crippen LogP contribution in [0.15, 0.2) is 194 Å². The maximum Gasteiger partial charge on any atom is 0.0619 e. The summed E-state index contributed by atoms with van der Waals surface area (Å²) in [6.45, 7) is 0. The minimum Gasteiger partial charge on any atom is -0.310 e. The largest absolute Gasteiger partial charge is 0.310 e. The van der Waals surface area contributed by atoms with Gasteiger partial charge in [0.05, 0.1) is 11.0 Å². The first kappa shape index (κ1) is 28.4. The Kier molecular flexibility index (Phi) is 6.53. The van der Waals surface area contributed by atoms with Gasteiger partial charge in [0.15, 0.2) is 0 Å². The van der Waals surface area contributed by atoms with Crippen molar-refractivity contribution in [2.75, 3.05) is 4.90 Å². The van der Waals surface area contributed by atoms with Crippen LogP contribution in [0.4, 0.5) is 17.1 Å². The van der Waals surface area contributed by atoms with Crippen molar-refractivity contribution in [3.8, 4) is 16.8 Å². The number of benzene rings is 9. The van der Waals surface area contributed by atoms with Crippen LogP contribution in [0.25, 0.3) is 70.9 Å². The average Bonchev–Trinajstić information content (AvgIpc) is 3.53. The Morgan fingerprint density at radius 3 is 1.74 bits per heavy atom. The van der Waals surface area contributed by atoms with Gasteiger partial charge in [0.25, 0.3) is 0 Å². The molecule has 2 heteroatoms. The zero-order chi connectivity index (χ0) is 33.0. The Morgan fingerprint density at radius 2 is 0.900 bits per heavy atom. The van der Waals surface area contributed by atoms with Crippen LogP contribution in [0.5, 0.6) is 0 Å². The summed E-state index contributed by atoms with van der Waals surface area (Å²) in [4.78, 5) is 2.38. The minimum atomic E-state index is 1.10. The van der Waals surface area contributed by atoms with Crippen LogP contribution >= 0.6 is 0 Å². The number of rotatable bonds is 5. The summed E-state index contributed by atoms with van der Waals surface area (Å²) in [6.07, 6.45) is 0. The van der Waals surface area contributed by atoms with Crippen LogP contribution in [0, 0.1) is 0 Å². The molecule has 0 N–H and O–H groups in total. The van der Waals surface area contributed by atoms with Gasteiger partial charge in [-0.05, 0) is 92.7 Å². The van der Waals surface area contributed by atoms with E-state index in [-0.39, 0.29) is 0 Å². The van der Waals surface area contributed by atoms with Crippen molar-refractivity contribution in [1.82, 2.24) is 4.57 Å². The summed E-state index contributed by atoms with van der Waals surface area (Å²) < 4.78 is 2.43. The van der Waals surface area contributed by atoms with Gasteiger partial charge in [-0.1, -0.05) is 140 Å². The fraction of sp³-hybridized carbons (Fsp3) is 0. The van der Waals surface area contributed by atoms with Gasteiger partial charge in [-0.2, -0.15) is 0 Å². The first-order chi connectivity index (χ1) is 24.8. The van der Waals surface area contributed by atoms with Gasteiger partial charge in [0.1, 0.15) is 0 Å². The van der Waals surface area contributed by atoms with E-state index in [0.717, 1.165) is 22.7 Å². The lowest BCUT2D eigenvalue weighted by molar-refractivity contribution is 1.18. The first-order valence-corrected chi connectivity index (χ1v) is 17.2. The highest BCUT2D eigenvalue weighted by Gasteiger charge is 2.18. The van der Waals surface area contributed by atoms with Crippen molar-refractivity contribution in [3.63, 3.8) is 0 Å². The number of fused-ring (bicyclic) bond motifs is 8. The van der Waals surface area contributed by atoms with E-state index in [4.69, 9.17) is 0 Å². The van der Waals surface area contributed by atoms with Crippen molar-refractivity contribution in [2.24, 2.45) is 0 Å². The third-order valence-electron chi connectivity index (χ3n) is 10.1. The SMILES string of the molecule is c1ccc(-c2cccc(N(c3ccc(-n4c5ccccc5c5ccc6ccccc6c54)cc3)c3ccc4c(ccc5ccccc54)c3)c2)cc1. The molecule has 0 radical (unpaired) electrons. The second-order valence-corrected chi connectivity index (χ2v) is 13.0. The number of aromatic nitrogens is 1. The quantitative estimate of drug-likeness (QED) is 0.171. The van der Waals surface area contributed by atoms with E-state index in [1.807, 2.05) is 0 Å². The van der Waals surface area contributed by atoms with Gasteiger partial charge in [-0.15, -0.1) is 0 Å². The molecule has 0 atom stereocenters. The topological polar surface area (TPSA) is 8.17 Å². The van der Waals surface area contributed by atoms with Crippen molar-refractivity contribution in [3.05, 3.63) is 194 Å². The molecule has 9 aromatic carbocycles. The molecule has 2 nitrogen and oxygen atoms in total. The lowest BCUT2D eigenvalue weighted by atomic mass is 10.0. The highest BCUT2D eigenvalue weighted by atomic mass is 15.1. The molecule has 234 valence electrons. The van der Waals surface area contributed by atoms with Crippen LogP contribution in [-0.2, 0) is 0 Å². The Labute approximate surface area is 290 Å². The zero-order valence-electron chi connectivity index (χ0n) is 27.4. The minimum absolute atomic E-state index is 1.10. The predicted octanol–water partition coefficient (Wildman–Crippen LogP) is 13.4. The standard InChI is InChI=1S/C48H32N2/c1-2-11-33(12-3-1)36-15-10-16-40(31-36)49(41-28-30-43-37(32-41)22-21-34-13-4-6-17-42(34)43)38-24-26-39(27-25-38)50-47-20-9-8-19-45(47)46-29-23-35-14-5-7-18-44(35)48(46)50/h1-32H. The van der Waals surface area contributed by atoms with E-state index < -0.39 is 0 Å². The van der Waals surface area contributed by atoms with Crippen molar-refractivity contribution in [2.45, 2.75) is 0 Å². The molecule has 0 aliphatic heterocycles. The van der Waals surface area contributed by atoms with Crippen LogP contribution in [0.1, 0.15) is 0 Å². The maximum absolute atomic E-state index is 2.43. The lowest BCUT2D eigenvalue weighted by Gasteiger charge is -2.27. The summed E-state index contributed by atoms with van der Waals surface area (Å²) in [6, 6.07) is 70.5. The maximum atomic E-state index is 2.43. The number of anilines is 3.